The van der Waals surface area contributed by atoms with Crippen LogP contribution in [-0.4, -0.2) is 24.0 Å². The van der Waals surface area contributed by atoms with E-state index in [2.05, 4.69) is 15.0 Å². The highest BCUT2D eigenvalue weighted by Crippen LogP contribution is 2.20. The first-order valence-electron chi connectivity index (χ1n) is 5.93. The second-order valence-electron chi connectivity index (χ2n) is 4.35. The number of esters is 1. The van der Waals surface area contributed by atoms with E-state index >= 15 is 0 Å². The van der Waals surface area contributed by atoms with Gasteiger partial charge in [0.05, 0.1) is 13.3 Å². The summed E-state index contributed by atoms with van der Waals surface area (Å²) in [5, 5.41) is 3.04. The molecule has 5 nitrogen and oxygen atoms in total. The van der Waals surface area contributed by atoms with Crippen molar-refractivity contribution < 1.29 is 14.3 Å². The van der Waals surface area contributed by atoms with Gasteiger partial charge in [-0.05, 0) is 26.0 Å². The van der Waals surface area contributed by atoms with Gasteiger partial charge < -0.3 is 4.74 Å². The van der Waals surface area contributed by atoms with E-state index in [9.17, 15) is 9.59 Å². The summed E-state index contributed by atoms with van der Waals surface area (Å²) in [6, 6.07) is 5.60. The van der Waals surface area contributed by atoms with Crippen LogP contribution in [-0.2, 0) is 4.74 Å². The summed E-state index contributed by atoms with van der Waals surface area (Å²) in [5.41, 5.74) is 2.60. The summed E-state index contributed by atoms with van der Waals surface area (Å²) in [4.78, 5) is 27.7. The molecule has 0 aliphatic carbocycles. The van der Waals surface area contributed by atoms with Crippen LogP contribution < -0.4 is 5.32 Å². The van der Waals surface area contributed by atoms with Crippen LogP contribution in [0.25, 0.3) is 0 Å². The van der Waals surface area contributed by atoms with Crippen LogP contribution in [0.15, 0.2) is 24.4 Å². The number of aromatic nitrogens is 1. The zero-order chi connectivity index (χ0) is 14.7. The lowest BCUT2D eigenvalue weighted by Gasteiger charge is -2.04. The van der Waals surface area contributed by atoms with E-state index < -0.39 is 5.97 Å². The van der Waals surface area contributed by atoms with E-state index in [4.69, 9.17) is 0 Å². The Labute approximate surface area is 120 Å². The Hall–Kier alpha value is -2.21. The van der Waals surface area contributed by atoms with Crippen LogP contribution in [0.3, 0.4) is 0 Å². The van der Waals surface area contributed by atoms with Crippen molar-refractivity contribution >= 4 is 28.3 Å². The first-order chi connectivity index (χ1) is 9.49. The molecule has 0 aliphatic heterocycles. The van der Waals surface area contributed by atoms with E-state index in [-0.39, 0.29) is 5.91 Å². The number of amides is 1. The van der Waals surface area contributed by atoms with Crippen molar-refractivity contribution in [2.24, 2.45) is 0 Å². The van der Waals surface area contributed by atoms with Gasteiger partial charge in [0.15, 0.2) is 5.13 Å². The van der Waals surface area contributed by atoms with Gasteiger partial charge in [0, 0.05) is 5.56 Å². The van der Waals surface area contributed by atoms with Gasteiger partial charge in [-0.1, -0.05) is 28.5 Å². The van der Waals surface area contributed by atoms with Crippen molar-refractivity contribution in [1.29, 1.82) is 0 Å². The highest BCUT2D eigenvalue weighted by atomic mass is 32.1. The molecule has 0 atom stereocenters. The molecule has 0 saturated heterocycles. The van der Waals surface area contributed by atoms with E-state index in [1.807, 2.05) is 19.9 Å². The van der Waals surface area contributed by atoms with Gasteiger partial charge in [-0.15, -0.1) is 0 Å². The van der Waals surface area contributed by atoms with Gasteiger partial charge in [0.1, 0.15) is 4.88 Å². The number of aryl methyl sites for hydroxylation is 2. The average Bonchev–Trinajstić information content (AvgIpc) is 2.85. The second kappa shape index (κ2) is 5.83. The minimum Gasteiger partial charge on any atom is -0.465 e. The quantitative estimate of drug-likeness (QED) is 0.883. The largest absolute Gasteiger partial charge is 0.465 e. The van der Waals surface area contributed by atoms with Crippen molar-refractivity contribution in [3.8, 4) is 0 Å². The van der Waals surface area contributed by atoms with E-state index in [1.54, 1.807) is 12.1 Å². The summed E-state index contributed by atoms with van der Waals surface area (Å²) < 4.78 is 4.59. The number of thiazole rings is 1. The number of hydrogen-bond acceptors (Lipinski definition) is 5. The molecule has 0 unspecified atom stereocenters. The number of ether oxygens (including phenoxy) is 1. The summed E-state index contributed by atoms with van der Waals surface area (Å²) in [5.74, 6) is -0.711. The molecule has 1 heterocycles. The molecule has 2 aromatic rings. The monoisotopic (exact) mass is 290 g/mol. The van der Waals surface area contributed by atoms with Gasteiger partial charge in [0.25, 0.3) is 5.91 Å². The number of methoxy groups -OCH3 is 1. The molecular weight excluding hydrogens is 276 g/mol. The minimum absolute atomic E-state index is 0.248. The fraction of sp³-hybridized carbons (Fsp3) is 0.214. The third-order valence-electron chi connectivity index (χ3n) is 2.60. The molecule has 0 radical (unpaired) electrons. The topological polar surface area (TPSA) is 68.3 Å². The van der Waals surface area contributed by atoms with Gasteiger partial charge in [0.2, 0.25) is 0 Å². The van der Waals surface area contributed by atoms with Crippen LogP contribution in [0.2, 0.25) is 0 Å². The predicted molar refractivity (Wildman–Crippen MR) is 77.3 cm³/mol. The van der Waals surface area contributed by atoms with Crippen LogP contribution in [0.1, 0.15) is 31.2 Å². The minimum atomic E-state index is -0.464. The van der Waals surface area contributed by atoms with Gasteiger partial charge in [-0.3, -0.25) is 10.1 Å². The maximum atomic E-state index is 12.1. The average molecular weight is 290 g/mol. The Morgan fingerprint density at radius 3 is 2.45 bits per heavy atom. The second-order valence-corrected chi connectivity index (χ2v) is 5.38. The highest BCUT2D eigenvalue weighted by Gasteiger charge is 2.13. The Morgan fingerprint density at radius 2 is 1.85 bits per heavy atom. The third kappa shape index (κ3) is 3.21. The zero-order valence-corrected chi connectivity index (χ0v) is 12.2. The maximum Gasteiger partial charge on any atom is 0.349 e. The van der Waals surface area contributed by atoms with Crippen molar-refractivity contribution in [2.45, 2.75) is 13.8 Å². The van der Waals surface area contributed by atoms with E-state index in [0.29, 0.717) is 15.6 Å². The number of benzene rings is 1. The Morgan fingerprint density at radius 1 is 1.20 bits per heavy atom. The first kappa shape index (κ1) is 14.2. The predicted octanol–water partition coefficient (Wildman–Crippen LogP) is 2.80. The molecule has 0 aliphatic rings. The van der Waals surface area contributed by atoms with Gasteiger partial charge in [-0.2, -0.15) is 0 Å². The molecule has 1 amide bonds. The molecule has 0 saturated carbocycles. The molecular formula is C14H14N2O3S. The highest BCUT2D eigenvalue weighted by molar-refractivity contribution is 7.17. The van der Waals surface area contributed by atoms with Crippen molar-refractivity contribution in [3.05, 3.63) is 46.0 Å². The van der Waals surface area contributed by atoms with Crippen molar-refractivity contribution in [1.82, 2.24) is 4.98 Å². The molecule has 20 heavy (non-hydrogen) atoms. The van der Waals surface area contributed by atoms with Crippen LogP contribution in [0.5, 0.6) is 0 Å². The van der Waals surface area contributed by atoms with E-state index in [0.717, 1.165) is 22.5 Å². The van der Waals surface area contributed by atoms with Crippen LogP contribution >= 0.6 is 11.3 Å². The zero-order valence-electron chi connectivity index (χ0n) is 11.4. The van der Waals surface area contributed by atoms with Crippen molar-refractivity contribution in [3.63, 3.8) is 0 Å². The SMILES string of the molecule is COC(=O)c1cnc(NC(=O)c2cc(C)cc(C)c2)s1. The standard InChI is InChI=1S/C14H14N2O3S/c1-8-4-9(2)6-10(5-8)12(17)16-14-15-7-11(20-14)13(18)19-3/h4-7H,1-3H3,(H,15,16,17). The number of rotatable bonds is 3. The smallest absolute Gasteiger partial charge is 0.349 e. The lowest BCUT2D eigenvalue weighted by Crippen LogP contribution is -2.12. The number of hydrogen-bond donors (Lipinski definition) is 1. The molecule has 104 valence electrons. The molecule has 6 heteroatoms. The first-order valence-corrected chi connectivity index (χ1v) is 6.75. The number of carbonyl (C=O) groups is 2. The molecule has 1 aromatic carbocycles. The molecule has 0 fully saturated rings. The van der Waals surface area contributed by atoms with Gasteiger partial charge >= 0.3 is 5.97 Å². The molecule has 1 aromatic heterocycles. The Kier molecular flexibility index (Phi) is 4.14. The summed E-state index contributed by atoms with van der Waals surface area (Å²) in [6.07, 6.45) is 1.38. The maximum absolute atomic E-state index is 12.1. The number of anilines is 1. The van der Waals surface area contributed by atoms with Gasteiger partial charge in [-0.25, -0.2) is 9.78 Å². The van der Waals surface area contributed by atoms with Crippen LogP contribution in [0.4, 0.5) is 5.13 Å². The Bertz CT molecular complexity index is 644. The lowest BCUT2D eigenvalue weighted by molar-refractivity contribution is 0.0606. The van der Waals surface area contributed by atoms with E-state index in [1.165, 1.54) is 13.3 Å². The molecule has 2 rings (SSSR count). The number of carbonyl (C=O) groups excluding carboxylic acids is 2. The van der Waals surface area contributed by atoms with Crippen LogP contribution in [0, 0.1) is 13.8 Å². The molecule has 0 bridgehead atoms. The fourth-order valence-electron chi connectivity index (χ4n) is 1.80. The number of nitrogens with one attached hydrogen (secondary N) is 1. The third-order valence-corrected chi connectivity index (χ3v) is 3.49. The number of nitrogens with zero attached hydrogens (tertiary/aromatic N) is 1. The van der Waals surface area contributed by atoms with Crippen molar-refractivity contribution in [2.75, 3.05) is 12.4 Å². The summed E-state index contributed by atoms with van der Waals surface area (Å²) >= 11 is 1.08. The Balaban J connectivity index is 2.15. The normalized spacial score (nSPS) is 10.2. The molecule has 0 spiro atoms. The fourth-order valence-corrected chi connectivity index (χ4v) is 2.53. The summed E-state index contributed by atoms with van der Waals surface area (Å²) in [6.45, 7) is 3.87. The lowest BCUT2D eigenvalue weighted by atomic mass is 10.1. The molecule has 1 N–H and O–H groups in total. The summed E-state index contributed by atoms with van der Waals surface area (Å²) in [7, 11) is 1.30.